The van der Waals surface area contributed by atoms with Gasteiger partial charge in [0.25, 0.3) is 0 Å². The Morgan fingerprint density at radius 3 is 2.84 bits per heavy atom. The number of thioether (sulfide) groups is 1. The van der Waals surface area contributed by atoms with Gasteiger partial charge >= 0.3 is 0 Å². The van der Waals surface area contributed by atoms with Gasteiger partial charge in [0.1, 0.15) is 5.82 Å². The smallest absolute Gasteiger partial charge is 0.205 e. The molecule has 2 aromatic carbocycles. The predicted octanol–water partition coefficient (Wildman–Crippen LogP) is 3.47. The lowest BCUT2D eigenvalue weighted by atomic mass is 10.2. The lowest BCUT2D eigenvalue weighted by Gasteiger charge is -2.07. The van der Waals surface area contributed by atoms with E-state index in [1.807, 2.05) is 35.1 Å². The Morgan fingerprint density at radius 2 is 2.05 bits per heavy atom. The van der Waals surface area contributed by atoms with Crippen LogP contribution in [0.25, 0.3) is 16.7 Å². The van der Waals surface area contributed by atoms with Gasteiger partial charge in [-0.1, -0.05) is 6.07 Å². The van der Waals surface area contributed by atoms with E-state index in [0.29, 0.717) is 11.5 Å². The van der Waals surface area contributed by atoms with Crippen LogP contribution in [-0.4, -0.2) is 15.8 Å². The number of imidazole rings is 1. The molecule has 0 fully saturated rings. The van der Waals surface area contributed by atoms with Crippen molar-refractivity contribution in [3.63, 3.8) is 0 Å². The minimum atomic E-state index is -0.310. The molecule has 1 heterocycles. The summed E-state index contributed by atoms with van der Waals surface area (Å²) in [5.41, 5.74) is 8.24. The maximum absolute atomic E-state index is 13.2. The summed E-state index contributed by atoms with van der Waals surface area (Å²) < 4.78 is 15.0. The Hall–Kier alpha value is -2.01. The summed E-state index contributed by atoms with van der Waals surface area (Å²) in [6.45, 7) is 0. The van der Waals surface area contributed by atoms with E-state index < -0.39 is 0 Å². The second-order valence-corrected chi connectivity index (χ2v) is 5.02. The average molecular weight is 273 g/mol. The number of nitrogens with two attached hydrogens (primary N) is 1. The zero-order valence-corrected chi connectivity index (χ0v) is 11.1. The van der Waals surface area contributed by atoms with Gasteiger partial charge < -0.3 is 5.73 Å². The van der Waals surface area contributed by atoms with Crippen LogP contribution in [0.15, 0.2) is 47.4 Å². The summed E-state index contributed by atoms with van der Waals surface area (Å²) in [5, 5.41) is 0. The van der Waals surface area contributed by atoms with Crippen molar-refractivity contribution in [2.45, 2.75) is 4.90 Å². The molecule has 3 rings (SSSR count). The predicted molar refractivity (Wildman–Crippen MR) is 77.2 cm³/mol. The molecule has 0 bridgehead atoms. The van der Waals surface area contributed by atoms with E-state index in [4.69, 9.17) is 5.73 Å². The fraction of sp³-hybridized carbons (Fsp3) is 0.0714. The van der Waals surface area contributed by atoms with Crippen LogP contribution in [0.1, 0.15) is 0 Å². The average Bonchev–Trinajstić information content (AvgIpc) is 2.73. The molecule has 0 amide bonds. The molecule has 2 N–H and O–H groups in total. The number of anilines is 1. The summed E-state index contributed by atoms with van der Waals surface area (Å²) in [5.74, 6) is 0.0499. The quantitative estimate of drug-likeness (QED) is 0.727. The van der Waals surface area contributed by atoms with Crippen LogP contribution in [0, 0.1) is 5.82 Å². The van der Waals surface area contributed by atoms with E-state index in [9.17, 15) is 4.39 Å². The third kappa shape index (κ3) is 2.06. The molecule has 0 saturated carbocycles. The minimum absolute atomic E-state index is 0.310. The molecule has 0 aliphatic heterocycles. The molecular weight excluding hydrogens is 261 g/mol. The lowest BCUT2D eigenvalue weighted by Crippen LogP contribution is -2.00. The van der Waals surface area contributed by atoms with Crippen molar-refractivity contribution in [2.75, 3.05) is 12.0 Å². The molecule has 0 unspecified atom stereocenters. The lowest BCUT2D eigenvalue weighted by molar-refractivity contribution is 0.629. The Labute approximate surface area is 114 Å². The second kappa shape index (κ2) is 4.59. The number of hydrogen-bond donors (Lipinski definition) is 1. The number of aromatic nitrogens is 2. The van der Waals surface area contributed by atoms with Gasteiger partial charge in [-0.2, -0.15) is 0 Å². The Bertz CT molecular complexity index is 752. The Morgan fingerprint density at radius 1 is 1.21 bits per heavy atom. The van der Waals surface area contributed by atoms with Gasteiger partial charge in [0, 0.05) is 11.0 Å². The number of nitrogens with zero attached hydrogens (tertiary/aromatic N) is 2. The second-order valence-electron chi connectivity index (χ2n) is 4.14. The van der Waals surface area contributed by atoms with Gasteiger partial charge in [0.2, 0.25) is 5.95 Å². The van der Waals surface area contributed by atoms with Crippen LogP contribution in [0.2, 0.25) is 0 Å². The molecule has 3 aromatic rings. The number of halogens is 1. The van der Waals surface area contributed by atoms with Gasteiger partial charge in [-0.3, -0.25) is 4.57 Å². The van der Waals surface area contributed by atoms with Crippen molar-refractivity contribution in [3.05, 3.63) is 48.3 Å². The molecule has 5 heteroatoms. The number of fused-ring (bicyclic) bond motifs is 1. The summed E-state index contributed by atoms with van der Waals surface area (Å²) in [6.07, 6.45) is 2.02. The first-order valence-electron chi connectivity index (χ1n) is 5.77. The highest BCUT2D eigenvalue weighted by Crippen LogP contribution is 2.26. The van der Waals surface area contributed by atoms with E-state index in [2.05, 4.69) is 4.98 Å². The fourth-order valence-corrected chi connectivity index (χ4v) is 2.55. The Kier molecular flexibility index (Phi) is 2.91. The van der Waals surface area contributed by atoms with Gasteiger partial charge in [-0.05, 0) is 36.6 Å². The van der Waals surface area contributed by atoms with Crippen LogP contribution in [0.4, 0.5) is 10.3 Å². The zero-order chi connectivity index (χ0) is 13.4. The van der Waals surface area contributed by atoms with Crippen molar-refractivity contribution >= 4 is 28.7 Å². The molecule has 1 aromatic heterocycles. The molecule has 96 valence electrons. The molecule has 0 aliphatic carbocycles. The number of rotatable bonds is 2. The van der Waals surface area contributed by atoms with E-state index in [0.717, 1.165) is 16.1 Å². The van der Waals surface area contributed by atoms with Crippen LogP contribution in [0.3, 0.4) is 0 Å². The topological polar surface area (TPSA) is 43.8 Å². The summed E-state index contributed by atoms with van der Waals surface area (Å²) >= 11 is 1.66. The highest BCUT2D eigenvalue weighted by atomic mass is 32.2. The van der Waals surface area contributed by atoms with Crippen LogP contribution in [-0.2, 0) is 0 Å². The maximum atomic E-state index is 13.2. The third-order valence-corrected chi connectivity index (χ3v) is 3.68. The monoisotopic (exact) mass is 273 g/mol. The standard InChI is InChI=1S/C14H12FN3S/c1-19-11-4-2-3-10(8-11)18-13-6-5-9(15)7-12(13)17-14(18)16/h2-8H,1H3,(H2,16,17). The molecule has 0 saturated heterocycles. The molecule has 3 nitrogen and oxygen atoms in total. The van der Waals surface area contributed by atoms with Crippen molar-refractivity contribution in [1.82, 2.24) is 9.55 Å². The Balaban J connectivity index is 2.26. The SMILES string of the molecule is CSc1cccc(-n2c(N)nc3cc(F)ccc32)c1. The largest absolute Gasteiger partial charge is 0.369 e. The third-order valence-electron chi connectivity index (χ3n) is 2.95. The van der Waals surface area contributed by atoms with E-state index in [-0.39, 0.29) is 5.82 Å². The first kappa shape index (κ1) is 12.0. The molecule has 0 spiro atoms. The normalized spacial score (nSPS) is 11.1. The van der Waals surface area contributed by atoms with Crippen molar-refractivity contribution in [3.8, 4) is 5.69 Å². The summed E-state index contributed by atoms with van der Waals surface area (Å²) in [6, 6.07) is 12.5. The minimum Gasteiger partial charge on any atom is -0.369 e. The van der Waals surface area contributed by atoms with Crippen molar-refractivity contribution in [1.29, 1.82) is 0 Å². The fourth-order valence-electron chi connectivity index (χ4n) is 2.09. The van der Waals surface area contributed by atoms with Crippen LogP contribution >= 0.6 is 11.8 Å². The van der Waals surface area contributed by atoms with E-state index in [1.54, 1.807) is 17.8 Å². The van der Waals surface area contributed by atoms with Gasteiger partial charge in [-0.25, -0.2) is 9.37 Å². The number of nitrogen functional groups attached to an aromatic ring is 1. The molecule has 0 atom stereocenters. The van der Waals surface area contributed by atoms with E-state index in [1.165, 1.54) is 12.1 Å². The summed E-state index contributed by atoms with van der Waals surface area (Å²) in [7, 11) is 0. The number of benzene rings is 2. The van der Waals surface area contributed by atoms with E-state index >= 15 is 0 Å². The maximum Gasteiger partial charge on any atom is 0.205 e. The molecule has 19 heavy (non-hydrogen) atoms. The van der Waals surface area contributed by atoms with Crippen molar-refractivity contribution in [2.24, 2.45) is 0 Å². The molecular formula is C14H12FN3S. The van der Waals surface area contributed by atoms with Gasteiger partial charge in [-0.15, -0.1) is 11.8 Å². The molecule has 0 radical (unpaired) electrons. The highest BCUT2D eigenvalue weighted by Gasteiger charge is 2.10. The first-order valence-corrected chi connectivity index (χ1v) is 6.99. The first-order chi connectivity index (χ1) is 9.19. The number of hydrogen-bond acceptors (Lipinski definition) is 3. The highest BCUT2D eigenvalue weighted by molar-refractivity contribution is 7.98. The zero-order valence-electron chi connectivity index (χ0n) is 10.3. The van der Waals surface area contributed by atoms with Gasteiger partial charge in [0.05, 0.1) is 16.7 Å². The van der Waals surface area contributed by atoms with Gasteiger partial charge in [0.15, 0.2) is 0 Å². The molecule has 0 aliphatic rings. The van der Waals surface area contributed by atoms with Crippen LogP contribution < -0.4 is 5.73 Å². The summed E-state index contributed by atoms with van der Waals surface area (Å²) in [4.78, 5) is 5.34. The van der Waals surface area contributed by atoms with Crippen LogP contribution in [0.5, 0.6) is 0 Å². The van der Waals surface area contributed by atoms with Crippen molar-refractivity contribution < 1.29 is 4.39 Å².